The first-order chi connectivity index (χ1) is 11.7. The van der Waals surface area contributed by atoms with Crippen molar-refractivity contribution in [3.8, 4) is 11.5 Å². The van der Waals surface area contributed by atoms with Crippen molar-refractivity contribution in [1.29, 1.82) is 0 Å². The molecule has 0 unspecified atom stereocenters. The van der Waals surface area contributed by atoms with Gasteiger partial charge in [-0.2, -0.15) is 0 Å². The monoisotopic (exact) mass is 328 g/mol. The molecule has 0 saturated heterocycles. The summed E-state index contributed by atoms with van der Waals surface area (Å²) in [6.07, 6.45) is 0.942. The number of amides is 2. The van der Waals surface area contributed by atoms with Gasteiger partial charge in [0.15, 0.2) is 13.2 Å². The number of ether oxygens (including phenoxy) is 2. The highest BCUT2D eigenvalue weighted by atomic mass is 16.5. The van der Waals surface area contributed by atoms with Crippen LogP contribution in [-0.2, 0) is 16.0 Å². The number of rotatable bonds is 7. The number of carbonyl (C=O) groups excluding carboxylic acids is 2. The number of carbonyl (C=O) groups is 2. The van der Waals surface area contributed by atoms with Gasteiger partial charge in [0.25, 0.3) is 11.8 Å². The molecule has 0 fully saturated rings. The molecule has 0 saturated carbocycles. The molecule has 0 heterocycles. The minimum atomic E-state index is -0.459. The average Bonchev–Trinajstić information content (AvgIpc) is 2.64. The second kappa shape index (κ2) is 9.19. The van der Waals surface area contributed by atoms with E-state index in [4.69, 9.17) is 9.47 Å². The molecule has 2 aromatic carbocycles. The highest BCUT2D eigenvalue weighted by Gasteiger charge is 2.06. The Kier molecular flexibility index (Phi) is 6.64. The predicted octanol–water partition coefficient (Wildman–Crippen LogP) is 1.85. The Morgan fingerprint density at radius 3 is 1.79 bits per heavy atom. The zero-order valence-electron chi connectivity index (χ0n) is 13.5. The van der Waals surface area contributed by atoms with Crippen LogP contribution in [0.4, 0.5) is 0 Å². The molecule has 2 aromatic rings. The zero-order valence-corrected chi connectivity index (χ0v) is 13.5. The quantitative estimate of drug-likeness (QED) is 0.761. The number of aryl methyl sites for hydroxylation is 1. The Balaban J connectivity index is 1.64. The van der Waals surface area contributed by atoms with E-state index in [0.29, 0.717) is 11.5 Å². The first kappa shape index (κ1) is 17.3. The van der Waals surface area contributed by atoms with Crippen LogP contribution in [0.3, 0.4) is 0 Å². The van der Waals surface area contributed by atoms with Gasteiger partial charge in [-0.05, 0) is 36.2 Å². The van der Waals surface area contributed by atoms with E-state index in [-0.39, 0.29) is 13.2 Å². The van der Waals surface area contributed by atoms with Crippen LogP contribution >= 0.6 is 0 Å². The van der Waals surface area contributed by atoms with Crippen molar-refractivity contribution in [2.24, 2.45) is 0 Å². The summed E-state index contributed by atoms with van der Waals surface area (Å²) in [6, 6.07) is 16.4. The normalized spacial score (nSPS) is 9.88. The van der Waals surface area contributed by atoms with E-state index in [1.807, 2.05) is 18.2 Å². The number of hydrogen-bond donors (Lipinski definition) is 2. The van der Waals surface area contributed by atoms with Crippen molar-refractivity contribution in [2.45, 2.75) is 13.3 Å². The van der Waals surface area contributed by atoms with E-state index < -0.39 is 11.8 Å². The first-order valence-electron chi connectivity index (χ1n) is 7.64. The van der Waals surface area contributed by atoms with Crippen LogP contribution in [0.2, 0.25) is 0 Å². The lowest BCUT2D eigenvalue weighted by atomic mass is 10.2. The van der Waals surface area contributed by atoms with Gasteiger partial charge in [0.2, 0.25) is 0 Å². The lowest BCUT2D eigenvalue weighted by molar-refractivity contribution is -0.131. The lowest BCUT2D eigenvalue weighted by Crippen LogP contribution is -2.45. The van der Waals surface area contributed by atoms with Gasteiger partial charge >= 0.3 is 0 Å². The van der Waals surface area contributed by atoms with Gasteiger partial charge in [-0.3, -0.25) is 20.4 Å². The molecular weight excluding hydrogens is 308 g/mol. The molecule has 6 heteroatoms. The fraction of sp³-hybridized carbons (Fsp3) is 0.222. The van der Waals surface area contributed by atoms with Crippen LogP contribution in [0.5, 0.6) is 11.5 Å². The highest BCUT2D eigenvalue weighted by Crippen LogP contribution is 2.12. The Hall–Kier alpha value is -3.02. The van der Waals surface area contributed by atoms with Crippen molar-refractivity contribution in [3.63, 3.8) is 0 Å². The maximum Gasteiger partial charge on any atom is 0.276 e. The number of hydrogen-bond acceptors (Lipinski definition) is 4. The van der Waals surface area contributed by atoms with Gasteiger partial charge in [-0.25, -0.2) is 0 Å². The molecule has 0 aliphatic heterocycles. The largest absolute Gasteiger partial charge is 0.484 e. The minimum absolute atomic E-state index is 0.189. The smallest absolute Gasteiger partial charge is 0.276 e. The maximum atomic E-state index is 11.6. The van der Waals surface area contributed by atoms with Gasteiger partial charge in [0, 0.05) is 0 Å². The molecule has 0 aliphatic carbocycles. The Labute approximate surface area is 140 Å². The van der Waals surface area contributed by atoms with E-state index >= 15 is 0 Å². The van der Waals surface area contributed by atoms with Crippen molar-refractivity contribution in [2.75, 3.05) is 13.2 Å². The van der Waals surface area contributed by atoms with Crippen molar-refractivity contribution in [1.82, 2.24) is 10.9 Å². The number of hydrazine groups is 1. The number of nitrogens with one attached hydrogen (secondary N) is 2. The Morgan fingerprint density at radius 2 is 1.29 bits per heavy atom. The van der Waals surface area contributed by atoms with Gasteiger partial charge in [-0.1, -0.05) is 37.3 Å². The summed E-state index contributed by atoms with van der Waals surface area (Å²) in [6.45, 7) is 1.68. The predicted molar refractivity (Wildman–Crippen MR) is 89.5 cm³/mol. The van der Waals surface area contributed by atoms with E-state index in [1.165, 1.54) is 5.56 Å². The summed E-state index contributed by atoms with van der Waals surface area (Å²) in [4.78, 5) is 23.2. The van der Waals surface area contributed by atoms with E-state index in [2.05, 4.69) is 17.8 Å². The van der Waals surface area contributed by atoms with Gasteiger partial charge in [-0.15, -0.1) is 0 Å². The molecule has 2 amide bonds. The lowest BCUT2D eigenvalue weighted by Gasteiger charge is -2.10. The van der Waals surface area contributed by atoms with Crippen LogP contribution < -0.4 is 20.3 Å². The SMILES string of the molecule is CCc1ccc(OCC(=O)NNC(=O)COc2ccccc2)cc1. The van der Waals surface area contributed by atoms with Crippen LogP contribution in [-0.4, -0.2) is 25.0 Å². The van der Waals surface area contributed by atoms with E-state index in [0.717, 1.165) is 6.42 Å². The van der Waals surface area contributed by atoms with Crippen molar-refractivity contribution >= 4 is 11.8 Å². The fourth-order valence-corrected chi connectivity index (χ4v) is 1.85. The highest BCUT2D eigenvalue weighted by molar-refractivity contribution is 5.83. The number of benzene rings is 2. The maximum absolute atomic E-state index is 11.6. The average molecular weight is 328 g/mol. The minimum Gasteiger partial charge on any atom is -0.484 e. The third kappa shape index (κ3) is 6.00. The van der Waals surface area contributed by atoms with Gasteiger partial charge in [0.1, 0.15) is 11.5 Å². The molecular formula is C18H20N2O4. The molecule has 126 valence electrons. The van der Waals surface area contributed by atoms with Crippen LogP contribution in [0.25, 0.3) is 0 Å². The van der Waals surface area contributed by atoms with Crippen molar-refractivity contribution in [3.05, 3.63) is 60.2 Å². The summed E-state index contributed by atoms with van der Waals surface area (Å²) in [5, 5.41) is 0. The number of para-hydroxylation sites is 1. The first-order valence-corrected chi connectivity index (χ1v) is 7.64. The standard InChI is InChI=1S/C18H20N2O4/c1-2-14-8-10-16(11-9-14)24-13-18(22)20-19-17(21)12-23-15-6-4-3-5-7-15/h3-11H,2,12-13H2,1H3,(H,19,21)(H,20,22). The Bertz CT molecular complexity index is 656. The van der Waals surface area contributed by atoms with Gasteiger partial charge < -0.3 is 9.47 Å². The summed E-state index contributed by atoms with van der Waals surface area (Å²) in [5.41, 5.74) is 5.72. The van der Waals surface area contributed by atoms with Crippen LogP contribution in [0.15, 0.2) is 54.6 Å². The zero-order chi connectivity index (χ0) is 17.2. The Morgan fingerprint density at radius 1 is 0.792 bits per heavy atom. The topological polar surface area (TPSA) is 76.7 Å². The van der Waals surface area contributed by atoms with E-state index in [9.17, 15) is 9.59 Å². The van der Waals surface area contributed by atoms with Crippen LogP contribution in [0, 0.1) is 0 Å². The third-order valence-electron chi connectivity index (χ3n) is 3.16. The molecule has 0 radical (unpaired) electrons. The second-order valence-corrected chi connectivity index (χ2v) is 4.98. The summed E-state index contributed by atoms with van der Waals surface area (Å²) < 4.78 is 10.6. The second-order valence-electron chi connectivity index (χ2n) is 4.98. The molecule has 0 spiro atoms. The molecule has 0 bridgehead atoms. The summed E-state index contributed by atoms with van der Waals surface area (Å²) in [7, 11) is 0. The molecule has 0 atom stereocenters. The fourth-order valence-electron chi connectivity index (χ4n) is 1.85. The molecule has 2 N–H and O–H groups in total. The van der Waals surface area contributed by atoms with E-state index in [1.54, 1.807) is 36.4 Å². The molecule has 24 heavy (non-hydrogen) atoms. The molecule has 0 aliphatic rings. The third-order valence-corrected chi connectivity index (χ3v) is 3.16. The van der Waals surface area contributed by atoms with Crippen LogP contribution in [0.1, 0.15) is 12.5 Å². The molecule has 2 rings (SSSR count). The molecule has 0 aromatic heterocycles. The summed E-state index contributed by atoms with van der Waals surface area (Å²) >= 11 is 0. The molecule has 6 nitrogen and oxygen atoms in total. The summed E-state index contributed by atoms with van der Waals surface area (Å²) in [5.74, 6) is 0.265. The van der Waals surface area contributed by atoms with Crippen molar-refractivity contribution < 1.29 is 19.1 Å². The van der Waals surface area contributed by atoms with Gasteiger partial charge in [0.05, 0.1) is 0 Å².